The van der Waals surface area contributed by atoms with Crippen LogP contribution in [0.3, 0.4) is 0 Å². The SMILES string of the molecule is CC(=O)N1CCC(Nc2cc(C(=O)N3CC[C@H](N4CCc5ccccc5C4)[C@@H](O)C3)nc(C)n2)CC1. The number of nitrogens with zero attached hydrogens (tertiary/aromatic N) is 5. The van der Waals surface area contributed by atoms with Crippen molar-refractivity contribution in [1.82, 2.24) is 24.7 Å². The summed E-state index contributed by atoms with van der Waals surface area (Å²) in [5.74, 6) is 1.10. The summed E-state index contributed by atoms with van der Waals surface area (Å²) in [7, 11) is 0. The minimum Gasteiger partial charge on any atom is -0.390 e. The van der Waals surface area contributed by atoms with Gasteiger partial charge in [0, 0.05) is 64.3 Å². The molecule has 0 bridgehead atoms. The number of hydrogen-bond acceptors (Lipinski definition) is 7. The van der Waals surface area contributed by atoms with Crippen LogP contribution in [0.2, 0.25) is 0 Å². The van der Waals surface area contributed by atoms with Gasteiger partial charge < -0.3 is 20.2 Å². The van der Waals surface area contributed by atoms with Gasteiger partial charge in [-0.3, -0.25) is 14.5 Å². The number of carbonyl (C=O) groups is 2. The number of hydrogen-bond donors (Lipinski definition) is 2. The van der Waals surface area contributed by atoms with Crippen LogP contribution in [0.15, 0.2) is 30.3 Å². The van der Waals surface area contributed by atoms with Gasteiger partial charge in [-0.25, -0.2) is 9.97 Å². The number of amides is 2. The lowest BCUT2D eigenvalue weighted by molar-refractivity contribution is -0.129. The number of likely N-dealkylation sites (tertiary alicyclic amines) is 2. The molecule has 2 amide bonds. The maximum absolute atomic E-state index is 13.3. The third kappa shape index (κ3) is 5.37. The van der Waals surface area contributed by atoms with Crippen LogP contribution in [0.4, 0.5) is 5.82 Å². The number of nitrogens with one attached hydrogen (secondary N) is 1. The Morgan fingerprint density at radius 1 is 1.00 bits per heavy atom. The Morgan fingerprint density at radius 2 is 1.72 bits per heavy atom. The number of aliphatic hydroxyl groups is 1. The van der Waals surface area contributed by atoms with Crippen LogP contribution in [-0.2, 0) is 17.8 Å². The molecule has 4 heterocycles. The van der Waals surface area contributed by atoms with E-state index in [9.17, 15) is 14.7 Å². The zero-order valence-electron chi connectivity index (χ0n) is 21.2. The van der Waals surface area contributed by atoms with Crippen LogP contribution in [0, 0.1) is 6.92 Å². The Bertz CT molecular complexity index is 1120. The van der Waals surface area contributed by atoms with Crippen molar-refractivity contribution in [2.75, 3.05) is 38.0 Å². The Hall–Kier alpha value is -3.04. The molecule has 3 aliphatic heterocycles. The highest BCUT2D eigenvalue weighted by atomic mass is 16.3. The average molecular weight is 493 g/mol. The van der Waals surface area contributed by atoms with E-state index in [4.69, 9.17) is 0 Å². The van der Waals surface area contributed by atoms with Gasteiger partial charge in [-0.05, 0) is 43.7 Å². The molecule has 36 heavy (non-hydrogen) atoms. The van der Waals surface area contributed by atoms with Gasteiger partial charge in [0.15, 0.2) is 0 Å². The zero-order valence-corrected chi connectivity index (χ0v) is 21.2. The molecule has 3 aliphatic rings. The number of aromatic nitrogens is 2. The minimum absolute atomic E-state index is 0.0487. The lowest BCUT2D eigenvalue weighted by atomic mass is 9.94. The van der Waals surface area contributed by atoms with Crippen LogP contribution in [0.5, 0.6) is 0 Å². The molecule has 2 fully saturated rings. The van der Waals surface area contributed by atoms with Crippen molar-refractivity contribution >= 4 is 17.6 Å². The van der Waals surface area contributed by atoms with Crippen molar-refractivity contribution in [3.8, 4) is 0 Å². The van der Waals surface area contributed by atoms with E-state index in [0.29, 0.717) is 30.4 Å². The molecule has 1 aromatic carbocycles. The van der Waals surface area contributed by atoms with Gasteiger partial charge >= 0.3 is 0 Å². The molecule has 2 saturated heterocycles. The average Bonchev–Trinajstić information content (AvgIpc) is 2.88. The first-order valence-corrected chi connectivity index (χ1v) is 13.0. The zero-order chi connectivity index (χ0) is 25.2. The molecule has 5 rings (SSSR count). The van der Waals surface area contributed by atoms with E-state index in [1.807, 2.05) is 4.90 Å². The van der Waals surface area contributed by atoms with Crippen LogP contribution < -0.4 is 5.32 Å². The molecular weight excluding hydrogens is 456 g/mol. The summed E-state index contributed by atoms with van der Waals surface area (Å²) in [4.78, 5) is 39.8. The molecule has 0 aliphatic carbocycles. The predicted molar refractivity (Wildman–Crippen MR) is 137 cm³/mol. The van der Waals surface area contributed by atoms with Crippen molar-refractivity contribution in [3.05, 3.63) is 53.0 Å². The number of carbonyl (C=O) groups excluding carboxylic acids is 2. The quantitative estimate of drug-likeness (QED) is 0.672. The maximum Gasteiger partial charge on any atom is 0.272 e. The second-order valence-electron chi connectivity index (χ2n) is 10.3. The van der Waals surface area contributed by atoms with Crippen LogP contribution in [0.1, 0.15) is 53.6 Å². The Kier molecular flexibility index (Phi) is 7.20. The molecule has 192 valence electrons. The van der Waals surface area contributed by atoms with Gasteiger partial charge in [0.05, 0.1) is 6.10 Å². The van der Waals surface area contributed by atoms with Crippen LogP contribution >= 0.6 is 0 Å². The summed E-state index contributed by atoms with van der Waals surface area (Å²) >= 11 is 0. The molecule has 0 radical (unpaired) electrons. The van der Waals surface area contributed by atoms with E-state index >= 15 is 0 Å². The monoisotopic (exact) mass is 492 g/mol. The normalized spacial score (nSPS) is 23.3. The van der Waals surface area contributed by atoms with E-state index in [1.54, 1.807) is 24.8 Å². The summed E-state index contributed by atoms with van der Waals surface area (Å²) < 4.78 is 0. The number of rotatable bonds is 4. The first-order chi connectivity index (χ1) is 17.4. The molecule has 2 aromatic rings. The largest absolute Gasteiger partial charge is 0.390 e. The molecule has 0 saturated carbocycles. The Labute approximate surface area is 212 Å². The molecule has 2 atom stereocenters. The highest BCUT2D eigenvalue weighted by Gasteiger charge is 2.36. The summed E-state index contributed by atoms with van der Waals surface area (Å²) in [5, 5.41) is 14.4. The third-order valence-electron chi connectivity index (χ3n) is 7.81. The fourth-order valence-electron chi connectivity index (χ4n) is 5.79. The van der Waals surface area contributed by atoms with Gasteiger partial charge in [-0.1, -0.05) is 24.3 Å². The first-order valence-electron chi connectivity index (χ1n) is 13.0. The van der Waals surface area contributed by atoms with E-state index in [-0.39, 0.29) is 23.9 Å². The summed E-state index contributed by atoms with van der Waals surface area (Å²) in [6, 6.07) is 10.5. The number of aliphatic hydroxyl groups excluding tert-OH is 1. The number of anilines is 1. The van der Waals surface area contributed by atoms with Crippen molar-refractivity contribution in [2.45, 2.75) is 64.3 Å². The van der Waals surface area contributed by atoms with Crippen molar-refractivity contribution in [3.63, 3.8) is 0 Å². The minimum atomic E-state index is -0.597. The van der Waals surface area contributed by atoms with E-state index in [0.717, 1.165) is 51.9 Å². The molecule has 2 N–H and O–H groups in total. The number of fused-ring (bicyclic) bond motifs is 1. The molecule has 1 aromatic heterocycles. The van der Waals surface area contributed by atoms with Gasteiger partial charge in [0.2, 0.25) is 5.91 Å². The second kappa shape index (κ2) is 10.5. The third-order valence-corrected chi connectivity index (χ3v) is 7.81. The predicted octanol–water partition coefficient (Wildman–Crippen LogP) is 1.84. The standard InChI is InChI=1S/C27H36N6O3/c1-18-28-23(15-26(29-18)30-22-8-12-31(13-9-22)19(2)34)27(36)33-14-10-24(25(35)17-33)32-11-7-20-5-3-4-6-21(20)16-32/h3-6,15,22,24-25,35H,7-14,16-17H2,1-2H3,(H,28,29,30)/t24-,25-/m0/s1. The van der Waals surface area contributed by atoms with Gasteiger partial charge in [0.1, 0.15) is 17.3 Å². The topological polar surface area (TPSA) is 102 Å². The van der Waals surface area contributed by atoms with Gasteiger partial charge in [0.25, 0.3) is 5.91 Å². The number of piperidine rings is 2. The summed E-state index contributed by atoms with van der Waals surface area (Å²) in [6.07, 6.45) is 2.81. The molecule has 0 unspecified atom stereocenters. The Morgan fingerprint density at radius 3 is 2.44 bits per heavy atom. The highest BCUT2D eigenvalue weighted by Crippen LogP contribution is 2.26. The highest BCUT2D eigenvalue weighted by molar-refractivity contribution is 5.93. The van der Waals surface area contributed by atoms with Crippen molar-refractivity contribution in [2.24, 2.45) is 0 Å². The molecule has 9 heteroatoms. The summed E-state index contributed by atoms with van der Waals surface area (Å²) in [6.45, 7) is 7.50. The lowest BCUT2D eigenvalue weighted by Gasteiger charge is -2.43. The van der Waals surface area contributed by atoms with E-state index in [2.05, 4.69) is 44.5 Å². The second-order valence-corrected chi connectivity index (χ2v) is 10.3. The lowest BCUT2D eigenvalue weighted by Crippen LogP contribution is -2.56. The molecular formula is C27H36N6O3. The van der Waals surface area contributed by atoms with Crippen molar-refractivity contribution < 1.29 is 14.7 Å². The van der Waals surface area contributed by atoms with Gasteiger partial charge in [-0.15, -0.1) is 0 Å². The fraction of sp³-hybridized carbons (Fsp3) is 0.556. The molecule has 0 spiro atoms. The van der Waals surface area contributed by atoms with Crippen molar-refractivity contribution in [1.29, 1.82) is 0 Å². The Balaban J connectivity index is 1.20. The van der Waals surface area contributed by atoms with Crippen LogP contribution in [0.25, 0.3) is 0 Å². The number of benzene rings is 1. The smallest absolute Gasteiger partial charge is 0.272 e. The molecule has 9 nitrogen and oxygen atoms in total. The fourth-order valence-corrected chi connectivity index (χ4v) is 5.79. The first kappa shape index (κ1) is 24.6. The maximum atomic E-state index is 13.3. The number of aryl methyl sites for hydroxylation is 1. The van der Waals surface area contributed by atoms with Crippen LogP contribution in [-0.4, -0.2) is 92.5 Å². The number of β-amino-alcohol motifs (C(OH)–C–C–N with tert-alkyl or cyclic N) is 1. The van der Waals surface area contributed by atoms with E-state index < -0.39 is 6.10 Å². The van der Waals surface area contributed by atoms with E-state index in [1.165, 1.54) is 11.1 Å². The van der Waals surface area contributed by atoms with Gasteiger partial charge in [-0.2, -0.15) is 0 Å². The summed E-state index contributed by atoms with van der Waals surface area (Å²) in [5.41, 5.74) is 3.07.